The molecule has 2 rings (SSSR count). The maximum atomic E-state index is 13.1. The van der Waals surface area contributed by atoms with Gasteiger partial charge in [0.2, 0.25) is 0 Å². The van der Waals surface area contributed by atoms with Crippen LogP contribution in [0.1, 0.15) is 34.7 Å². The second kappa shape index (κ2) is 10.2. The predicted molar refractivity (Wildman–Crippen MR) is 96.3 cm³/mol. The molecule has 0 aliphatic rings. The van der Waals surface area contributed by atoms with Gasteiger partial charge in [0.15, 0.2) is 0 Å². The van der Waals surface area contributed by atoms with Gasteiger partial charge in [-0.15, -0.1) is 0 Å². The summed E-state index contributed by atoms with van der Waals surface area (Å²) in [6.07, 6.45) is -8.97. The van der Waals surface area contributed by atoms with Crippen LogP contribution in [0.15, 0.2) is 47.6 Å². The Morgan fingerprint density at radius 1 is 1.00 bits per heavy atom. The van der Waals surface area contributed by atoms with Gasteiger partial charge in [0.25, 0.3) is 0 Å². The van der Waals surface area contributed by atoms with Crippen molar-refractivity contribution in [1.82, 2.24) is 0 Å². The van der Waals surface area contributed by atoms with E-state index in [1.54, 1.807) is 6.92 Å². The smallest absolute Gasteiger partial charge is 0.391 e. The summed E-state index contributed by atoms with van der Waals surface area (Å²) in [5, 5.41) is 3.66. The number of hydrogen-bond acceptors (Lipinski definition) is 5. The lowest BCUT2D eigenvalue weighted by atomic mass is 10.0. The normalized spacial score (nSPS) is 12.1. The number of aryl methyl sites for hydroxylation is 1. The van der Waals surface area contributed by atoms with Gasteiger partial charge in [-0.1, -0.05) is 35.0 Å². The zero-order valence-corrected chi connectivity index (χ0v) is 16.4. The summed E-state index contributed by atoms with van der Waals surface area (Å²) in [5.41, 5.74) is -0.846. The Hall–Kier alpha value is -2.89. The first-order valence-corrected chi connectivity index (χ1v) is 9.10. The molecule has 0 amide bonds. The van der Waals surface area contributed by atoms with Crippen molar-refractivity contribution in [2.24, 2.45) is 5.16 Å². The summed E-state index contributed by atoms with van der Waals surface area (Å²) in [7, 11) is -2.61. The SMILES string of the molecule is C/C(=N/OCc1ccc(C(F)(F)F)cc1)c1ccc(C)cc1C(F)(F)F.N=S(=O)=O. The Labute approximate surface area is 169 Å². The highest BCUT2D eigenvalue weighted by Crippen LogP contribution is 2.33. The largest absolute Gasteiger partial charge is 0.417 e. The monoisotopic (exact) mass is 454 g/mol. The average Bonchev–Trinajstić information content (AvgIpc) is 2.60. The molecule has 0 spiro atoms. The second-order valence-electron chi connectivity index (χ2n) is 5.93. The highest BCUT2D eigenvalue weighted by molar-refractivity contribution is 7.60. The van der Waals surface area contributed by atoms with Gasteiger partial charge in [-0.25, -0.2) is 0 Å². The summed E-state index contributed by atoms with van der Waals surface area (Å²) in [5.74, 6) is 0. The number of nitrogens with one attached hydrogen (secondary N) is 1. The van der Waals surface area contributed by atoms with Crippen molar-refractivity contribution in [3.8, 4) is 0 Å². The van der Waals surface area contributed by atoms with Crippen molar-refractivity contribution in [2.75, 3.05) is 0 Å². The van der Waals surface area contributed by atoms with E-state index in [1.807, 2.05) is 0 Å². The molecule has 0 aliphatic heterocycles. The van der Waals surface area contributed by atoms with Crippen LogP contribution in [0.25, 0.3) is 0 Å². The van der Waals surface area contributed by atoms with E-state index in [1.165, 1.54) is 31.2 Å². The molecule has 30 heavy (non-hydrogen) atoms. The second-order valence-corrected chi connectivity index (χ2v) is 6.40. The van der Waals surface area contributed by atoms with Gasteiger partial charge in [0.1, 0.15) is 6.61 Å². The maximum absolute atomic E-state index is 13.1. The fraction of sp³-hybridized carbons (Fsp3) is 0.278. The molecule has 0 saturated heterocycles. The van der Waals surface area contributed by atoms with Crippen LogP contribution in [-0.2, 0) is 34.3 Å². The van der Waals surface area contributed by atoms with E-state index in [4.69, 9.17) is 18.0 Å². The van der Waals surface area contributed by atoms with Crippen LogP contribution in [0.5, 0.6) is 0 Å². The molecule has 0 saturated carbocycles. The minimum atomic E-state index is -4.54. The standard InChI is InChI=1S/C18H15F6NO.HNO2S/c1-11-3-8-15(16(9-11)18(22,23)24)12(2)25-26-10-13-4-6-14(7-5-13)17(19,20)21;1-4(2)3/h3-9H,10H2,1-2H3;1H/b25-12-;. The van der Waals surface area contributed by atoms with Gasteiger partial charge in [0, 0.05) is 5.56 Å². The Morgan fingerprint density at radius 3 is 2.00 bits per heavy atom. The van der Waals surface area contributed by atoms with E-state index in [2.05, 4.69) is 5.16 Å². The molecule has 0 unspecified atom stereocenters. The van der Waals surface area contributed by atoms with E-state index in [0.717, 1.165) is 18.2 Å². The van der Waals surface area contributed by atoms with E-state index in [-0.39, 0.29) is 17.9 Å². The highest BCUT2D eigenvalue weighted by atomic mass is 32.2. The molecule has 1 N–H and O–H groups in total. The molecule has 0 bridgehead atoms. The topological polar surface area (TPSA) is 79.6 Å². The minimum absolute atomic E-state index is 0.0178. The number of nitrogens with zero attached hydrogens (tertiary/aromatic N) is 1. The fourth-order valence-corrected chi connectivity index (χ4v) is 2.25. The number of hydrogen-bond donors (Lipinski definition) is 1. The Bertz CT molecular complexity index is 992. The van der Waals surface area contributed by atoms with Crippen LogP contribution >= 0.6 is 0 Å². The van der Waals surface area contributed by atoms with Crippen LogP contribution < -0.4 is 0 Å². The average molecular weight is 454 g/mol. The van der Waals surface area contributed by atoms with Crippen LogP contribution in [0, 0.1) is 11.7 Å². The number of oxime groups is 1. The summed E-state index contributed by atoms with van der Waals surface area (Å²) in [6.45, 7) is 2.75. The van der Waals surface area contributed by atoms with Crippen molar-refractivity contribution in [2.45, 2.75) is 32.8 Å². The first kappa shape index (κ1) is 25.1. The molecule has 2 aromatic carbocycles. The highest BCUT2D eigenvalue weighted by Gasteiger charge is 2.34. The van der Waals surface area contributed by atoms with E-state index < -0.39 is 34.0 Å². The maximum Gasteiger partial charge on any atom is 0.417 e. The molecule has 2 aromatic rings. The molecular weight excluding hydrogens is 438 g/mol. The summed E-state index contributed by atoms with van der Waals surface area (Å²) in [6, 6.07) is 8.09. The summed E-state index contributed by atoms with van der Waals surface area (Å²) in [4.78, 5) is 5.00. The molecular formula is C18H16F6N2O3S. The van der Waals surface area contributed by atoms with E-state index in [0.29, 0.717) is 11.1 Å². The lowest BCUT2D eigenvalue weighted by Crippen LogP contribution is -2.12. The summed E-state index contributed by atoms with van der Waals surface area (Å²) >= 11 is 0. The van der Waals surface area contributed by atoms with Crippen molar-refractivity contribution in [1.29, 1.82) is 4.78 Å². The molecule has 0 aromatic heterocycles. The van der Waals surface area contributed by atoms with Crippen LogP contribution in [0.2, 0.25) is 0 Å². The van der Waals surface area contributed by atoms with Gasteiger partial charge in [-0.3, -0.25) is 0 Å². The molecule has 5 nitrogen and oxygen atoms in total. The van der Waals surface area contributed by atoms with Crippen LogP contribution in [-0.4, -0.2) is 14.1 Å². The molecule has 0 aliphatic carbocycles. The molecule has 0 fully saturated rings. The van der Waals surface area contributed by atoms with Crippen molar-refractivity contribution in [3.63, 3.8) is 0 Å². The number of benzene rings is 2. The number of rotatable bonds is 4. The third-order valence-electron chi connectivity index (χ3n) is 3.58. The van der Waals surface area contributed by atoms with Crippen LogP contribution in [0.4, 0.5) is 26.3 Å². The lowest BCUT2D eigenvalue weighted by Gasteiger charge is -2.13. The lowest BCUT2D eigenvalue weighted by molar-refractivity contribution is -0.138. The molecule has 0 heterocycles. The van der Waals surface area contributed by atoms with Gasteiger partial charge in [0.05, 0.1) is 16.8 Å². The Kier molecular flexibility index (Phi) is 8.58. The van der Waals surface area contributed by atoms with Crippen molar-refractivity contribution < 1.29 is 39.6 Å². The van der Waals surface area contributed by atoms with Gasteiger partial charge in [-0.05, 0) is 37.6 Å². The van der Waals surface area contributed by atoms with E-state index >= 15 is 0 Å². The fourth-order valence-electron chi connectivity index (χ4n) is 2.25. The molecule has 0 radical (unpaired) electrons. The Morgan fingerprint density at radius 2 is 1.53 bits per heavy atom. The summed E-state index contributed by atoms with van der Waals surface area (Å²) < 4.78 is 99.6. The third-order valence-corrected chi connectivity index (χ3v) is 3.58. The van der Waals surface area contributed by atoms with Crippen LogP contribution in [0.3, 0.4) is 0 Å². The van der Waals surface area contributed by atoms with Crippen molar-refractivity contribution >= 4 is 16.2 Å². The number of alkyl halides is 6. The number of halogens is 6. The molecule has 164 valence electrons. The van der Waals surface area contributed by atoms with Crippen molar-refractivity contribution in [3.05, 3.63) is 70.3 Å². The van der Waals surface area contributed by atoms with Gasteiger partial charge < -0.3 is 4.84 Å². The third kappa shape index (κ3) is 8.23. The molecule has 12 heteroatoms. The minimum Gasteiger partial charge on any atom is -0.391 e. The van der Waals surface area contributed by atoms with E-state index in [9.17, 15) is 26.3 Å². The van der Waals surface area contributed by atoms with Gasteiger partial charge in [-0.2, -0.15) is 39.5 Å². The predicted octanol–water partition coefficient (Wildman–Crippen LogP) is 5.60. The van der Waals surface area contributed by atoms with Gasteiger partial charge >= 0.3 is 22.9 Å². The zero-order valence-electron chi connectivity index (χ0n) is 15.6. The molecule has 0 atom stereocenters. The Balaban J connectivity index is 0.00000103. The first-order chi connectivity index (χ1) is 13.7. The quantitative estimate of drug-likeness (QED) is 0.371. The zero-order chi connectivity index (χ0) is 23.1. The first-order valence-electron chi connectivity index (χ1n) is 8.03.